The van der Waals surface area contributed by atoms with Gasteiger partial charge in [0.05, 0.1) is 22.1 Å². The first kappa shape index (κ1) is 34.1. The minimum absolute atomic E-state index is 0.0540. The van der Waals surface area contributed by atoms with Gasteiger partial charge in [0.15, 0.2) is 11.5 Å². The van der Waals surface area contributed by atoms with E-state index < -0.39 is 28.2 Å². The van der Waals surface area contributed by atoms with Gasteiger partial charge >= 0.3 is 11.9 Å². The van der Waals surface area contributed by atoms with Crippen molar-refractivity contribution in [2.24, 2.45) is 0 Å². The maximum atomic E-state index is 12.8. The lowest BCUT2D eigenvalue weighted by Gasteiger charge is -2.23. The van der Waals surface area contributed by atoms with Crippen LogP contribution in [0.3, 0.4) is 0 Å². The highest BCUT2D eigenvalue weighted by Crippen LogP contribution is 2.32. The smallest absolute Gasteiger partial charge is 0.343 e. The van der Waals surface area contributed by atoms with Crippen LogP contribution in [0.4, 0.5) is 0 Å². The van der Waals surface area contributed by atoms with Crippen LogP contribution in [-0.4, -0.2) is 42.1 Å². The van der Waals surface area contributed by atoms with Gasteiger partial charge in [-0.25, -0.2) is 9.59 Å². The maximum Gasteiger partial charge on any atom is 0.343 e. The topological polar surface area (TPSA) is 139 Å². The van der Waals surface area contributed by atoms with E-state index in [4.69, 9.17) is 14.0 Å². The molecule has 4 aromatic carbocycles. The normalized spacial score (nSPS) is 12.0. The molecule has 0 aromatic heterocycles. The van der Waals surface area contributed by atoms with Crippen molar-refractivity contribution in [1.29, 1.82) is 0 Å². The molecule has 0 saturated carbocycles. The van der Waals surface area contributed by atoms with Crippen molar-refractivity contribution in [3.8, 4) is 11.5 Å². The fourth-order valence-electron chi connectivity index (χ4n) is 3.71. The number of rotatable bonds is 8. The second kappa shape index (κ2) is 14.9. The summed E-state index contributed by atoms with van der Waals surface area (Å²) < 4.78 is 40.4. The predicted octanol–water partition coefficient (Wildman–Crippen LogP) is 6.10. The lowest BCUT2D eigenvalue weighted by molar-refractivity contribution is 0.0681. The molecule has 0 aliphatic rings. The fraction of sp³-hybridized carbons (Fsp3) is 0.235. The first-order valence-electron chi connectivity index (χ1n) is 13.8. The minimum Gasteiger partial charge on any atom is -0.419 e. The number of carbonyl (C=O) groups is 2. The zero-order valence-electron chi connectivity index (χ0n) is 25.3. The number of aliphatic hydroxyl groups excluding tert-OH is 1. The van der Waals surface area contributed by atoms with Gasteiger partial charge in [0.2, 0.25) is 0 Å². The van der Waals surface area contributed by atoms with E-state index in [1.54, 1.807) is 48.5 Å². The molecule has 0 fully saturated rings. The number of nitrogens with one attached hydrogen (secondary N) is 1. The van der Waals surface area contributed by atoms with Gasteiger partial charge in [0.1, 0.15) is 0 Å². The number of hydrogen-bond acceptors (Lipinski definition) is 8. The molecular weight excluding hydrogens is 582 g/mol. The lowest BCUT2D eigenvalue weighted by Crippen LogP contribution is -2.38. The molecule has 3 N–H and O–H groups in total. The number of β-amino-alcohol motifs (C(OH)–C–C–N with tert-alkyl or cyclic N) is 1. The van der Waals surface area contributed by atoms with E-state index in [0.29, 0.717) is 23.2 Å². The second-order valence-electron chi connectivity index (χ2n) is 11.2. The molecule has 0 bridgehead atoms. The molecule has 0 aliphatic carbocycles. The Balaban J connectivity index is 0.000000448. The Morgan fingerprint density at radius 1 is 0.750 bits per heavy atom. The van der Waals surface area contributed by atoms with Crippen LogP contribution in [0.5, 0.6) is 11.5 Å². The fourth-order valence-corrected chi connectivity index (χ4v) is 4.21. The summed E-state index contributed by atoms with van der Waals surface area (Å²) in [6, 6.07) is 26.1. The number of benzene rings is 4. The van der Waals surface area contributed by atoms with Crippen LogP contribution < -0.4 is 14.8 Å². The Morgan fingerprint density at radius 3 is 1.66 bits per heavy atom. The largest absolute Gasteiger partial charge is 0.419 e. The van der Waals surface area contributed by atoms with Crippen molar-refractivity contribution < 1.29 is 37.1 Å². The highest BCUT2D eigenvalue weighted by molar-refractivity contribution is 7.85. The Hall–Kier alpha value is -4.35. The van der Waals surface area contributed by atoms with Crippen LogP contribution in [0.1, 0.15) is 64.3 Å². The Labute approximate surface area is 258 Å². The predicted molar refractivity (Wildman–Crippen MR) is 168 cm³/mol. The molecule has 1 unspecified atom stereocenters. The average molecular weight is 620 g/mol. The molecule has 44 heavy (non-hydrogen) atoms. The van der Waals surface area contributed by atoms with E-state index in [-0.39, 0.29) is 21.9 Å². The molecule has 0 saturated heterocycles. The number of aryl methyl sites for hydroxylation is 2. The number of carbonyl (C=O) groups excluding carboxylic acids is 2. The van der Waals surface area contributed by atoms with Gasteiger partial charge in [0.25, 0.3) is 10.1 Å². The van der Waals surface area contributed by atoms with E-state index in [2.05, 4.69) is 5.32 Å². The summed E-state index contributed by atoms with van der Waals surface area (Å²) >= 11 is 0. The SMILES string of the molecule is Cc1ccc(C(=O)Oc2ccc(C(O)CNC(C)(C)C)cc2OC(=O)c2ccc(C)cc2)cc1.O=S(=O)(O)c1ccccc1. The molecule has 0 heterocycles. The third kappa shape index (κ3) is 10.7. The van der Waals surface area contributed by atoms with Crippen LogP contribution in [0.25, 0.3) is 0 Å². The Morgan fingerprint density at radius 2 is 1.23 bits per heavy atom. The van der Waals surface area contributed by atoms with E-state index in [1.165, 1.54) is 24.3 Å². The van der Waals surface area contributed by atoms with Gasteiger partial charge in [-0.15, -0.1) is 0 Å². The molecule has 4 rings (SSSR count). The molecule has 0 radical (unpaired) electrons. The van der Waals surface area contributed by atoms with E-state index in [0.717, 1.165) is 11.1 Å². The van der Waals surface area contributed by atoms with Crippen LogP contribution in [0.2, 0.25) is 0 Å². The summed E-state index contributed by atoms with van der Waals surface area (Å²) in [4.78, 5) is 25.4. The second-order valence-corrected chi connectivity index (χ2v) is 12.6. The van der Waals surface area contributed by atoms with E-state index in [9.17, 15) is 23.1 Å². The van der Waals surface area contributed by atoms with Crippen LogP contribution >= 0.6 is 0 Å². The summed E-state index contributed by atoms with van der Waals surface area (Å²) in [5.41, 5.74) is 3.12. The average Bonchev–Trinajstić information content (AvgIpc) is 2.97. The molecule has 0 amide bonds. The van der Waals surface area contributed by atoms with Crippen molar-refractivity contribution in [3.05, 3.63) is 125 Å². The highest BCUT2D eigenvalue weighted by Gasteiger charge is 2.20. The maximum absolute atomic E-state index is 12.8. The van der Waals surface area contributed by atoms with Gasteiger partial charge in [-0.05, 0) is 88.7 Å². The van der Waals surface area contributed by atoms with Crippen LogP contribution in [0.15, 0.2) is 102 Å². The first-order valence-corrected chi connectivity index (χ1v) is 15.2. The monoisotopic (exact) mass is 619 g/mol. The van der Waals surface area contributed by atoms with Crippen molar-refractivity contribution in [3.63, 3.8) is 0 Å². The minimum atomic E-state index is -4.00. The summed E-state index contributed by atoms with van der Waals surface area (Å²) in [5, 5.41) is 13.9. The molecule has 4 aromatic rings. The zero-order valence-corrected chi connectivity index (χ0v) is 26.1. The van der Waals surface area contributed by atoms with Crippen molar-refractivity contribution >= 4 is 22.1 Å². The van der Waals surface area contributed by atoms with Crippen molar-refractivity contribution in [2.45, 2.75) is 51.2 Å². The summed E-state index contributed by atoms with van der Waals surface area (Å²) in [5.74, 6) is -1.02. The third-order valence-corrected chi connectivity index (χ3v) is 7.07. The number of hydrogen-bond donors (Lipinski definition) is 3. The van der Waals surface area contributed by atoms with Gasteiger partial charge in [-0.1, -0.05) is 59.7 Å². The Bertz CT molecular complexity index is 1660. The molecule has 232 valence electrons. The molecule has 10 heteroatoms. The molecule has 1 atom stereocenters. The number of ether oxygens (including phenoxy) is 2. The van der Waals surface area contributed by atoms with Gasteiger partial charge in [-0.2, -0.15) is 8.42 Å². The third-order valence-electron chi connectivity index (χ3n) is 6.20. The number of aliphatic hydroxyl groups is 1. The summed E-state index contributed by atoms with van der Waals surface area (Å²) in [6.07, 6.45) is -0.849. The summed E-state index contributed by atoms with van der Waals surface area (Å²) in [7, 11) is -4.00. The molecule has 0 aliphatic heterocycles. The molecule has 9 nitrogen and oxygen atoms in total. The molecular formula is C34H37NO8S. The van der Waals surface area contributed by atoms with Crippen LogP contribution in [0, 0.1) is 13.8 Å². The standard InChI is InChI=1S/C28H31NO5.C6H6O3S/c1-18-6-10-20(11-7-18)26(31)33-24-15-14-22(23(30)17-29-28(3,4)5)16-25(24)34-27(32)21-12-8-19(2)9-13-21;7-10(8,9)6-4-2-1-3-5-6/h6-16,23,29-30H,17H2,1-5H3;1-5H,(H,7,8,9). The molecule has 0 spiro atoms. The van der Waals surface area contributed by atoms with E-state index >= 15 is 0 Å². The van der Waals surface area contributed by atoms with E-state index in [1.807, 2.05) is 58.9 Å². The van der Waals surface area contributed by atoms with Crippen LogP contribution in [-0.2, 0) is 10.1 Å². The van der Waals surface area contributed by atoms with Crippen molar-refractivity contribution in [1.82, 2.24) is 5.32 Å². The van der Waals surface area contributed by atoms with Gasteiger partial charge < -0.3 is 19.9 Å². The zero-order chi connectivity index (χ0) is 32.5. The number of esters is 2. The first-order chi connectivity index (χ1) is 20.6. The summed E-state index contributed by atoms with van der Waals surface area (Å²) in [6.45, 7) is 10.2. The van der Waals surface area contributed by atoms with Crippen molar-refractivity contribution in [2.75, 3.05) is 6.54 Å². The lowest BCUT2D eigenvalue weighted by atomic mass is 10.1. The van der Waals surface area contributed by atoms with Gasteiger partial charge in [-0.3, -0.25) is 4.55 Å². The highest BCUT2D eigenvalue weighted by atomic mass is 32.2. The quantitative estimate of drug-likeness (QED) is 0.121. The Kier molecular flexibility index (Phi) is 11.6. The van der Waals surface area contributed by atoms with Gasteiger partial charge in [0, 0.05) is 12.1 Å².